The first-order valence-corrected chi connectivity index (χ1v) is 5.33. The lowest BCUT2D eigenvalue weighted by atomic mass is 9.66. The molecule has 0 aliphatic heterocycles. The van der Waals surface area contributed by atoms with Gasteiger partial charge in [0.05, 0.1) is 0 Å². The number of hydrogen-bond acceptors (Lipinski definition) is 0. The Labute approximate surface area is 96.3 Å². The monoisotopic (exact) mass is 196 g/mol. The molecule has 2 heteroatoms. The van der Waals surface area contributed by atoms with Gasteiger partial charge in [-0.15, -0.1) is 0 Å². The van der Waals surface area contributed by atoms with Crippen LogP contribution in [0.5, 0.6) is 0 Å². The molecule has 0 heterocycles. The van der Waals surface area contributed by atoms with E-state index in [1.54, 1.807) is 0 Å². The molecule has 0 fully saturated rings. The fourth-order valence-electron chi connectivity index (χ4n) is 2.01. The lowest BCUT2D eigenvalue weighted by Crippen LogP contribution is -2.36. The highest BCUT2D eigenvalue weighted by atomic mass is 14.2. The molecule has 0 bridgehead atoms. The molecule has 0 nitrogen and oxygen atoms in total. The summed E-state index contributed by atoms with van der Waals surface area (Å²) in [5.74, 6) is 0. The topological polar surface area (TPSA) is 0 Å². The minimum absolute atomic E-state index is 0.00259. The Morgan fingerprint density at radius 1 is 0.733 bits per heavy atom. The quantitative estimate of drug-likeness (QED) is 0.551. The van der Waals surface area contributed by atoms with Crippen molar-refractivity contribution in [3.63, 3.8) is 0 Å². The van der Waals surface area contributed by atoms with Gasteiger partial charge in [0.2, 0.25) is 0 Å². The zero-order valence-electron chi connectivity index (χ0n) is 10.7. The van der Waals surface area contributed by atoms with E-state index in [9.17, 15) is 0 Å². The lowest BCUT2D eigenvalue weighted by molar-refractivity contribution is 0.597. The second-order valence-corrected chi connectivity index (χ2v) is 5.33. The fraction of sp³-hybridized carbons (Fsp3) is 0.538. The summed E-state index contributed by atoms with van der Waals surface area (Å²) in [7, 11) is 12.3. The minimum Gasteiger partial charge on any atom is -0.0904 e. The molecule has 1 aromatic carbocycles. The van der Waals surface area contributed by atoms with Crippen molar-refractivity contribution in [2.45, 2.75) is 47.0 Å². The van der Waals surface area contributed by atoms with Crippen LogP contribution in [0.1, 0.15) is 43.0 Å². The van der Waals surface area contributed by atoms with E-state index in [1.807, 2.05) is 0 Å². The molecule has 0 aliphatic rings. The molecule has 1 aromatic rings. The lowest BCUT2D eigenvalue weighted by Gasteiger charge is -2.29. The van der Waals surface area contributed by atoms with E-state index < -0.39 is 0 Å². The number of benzene rings is 1. The van der Waals surface area contributed by atoms with Gasteiger partial charge in [0.1, 0.15) is 15.7 Å². The zero-order chi connectivity index (χ0) is 12.0. The summed E-state index contributed by atoms with van der Waals surface area (Å²) in [6, 6.07) is 0. The second-order valence-electron chi connectivity index (χ2n) is 5.33. The first-order chi connectivity index (χ1) is 6.68. The van der Waals surface area contributed by atoms with Crippen molar-refractivity contribution in [1.82, 2.24) is 0 Å². The van der Waals surface area contributed by atoms with Crippen LogP contribution in [0.15, 0.2) is 0 Å². The maximum Gasteiger partial charge on any atom is 0.114 e. The van der Waals surface area contributed by atoms with Crippen molar-refractivity contribution in [2.75, 3.05) is 0 Å². The first kappa shape index (κ1) is 12.4. The Bertz CT molecular complexity index is 369. The van der Waals surface area contributed by atoms with Gasteiger partial charge in [-0.05, 0) is 31.7 Å². The third-order valence-corrected chi connectivity index (χ3v) is 3.22. The Hall–Kier alpha value is -0.650. The molecule has 0 saturated carbocycles. The van der Waals surface area contributed by atoms with Crippen LogP contribution in [0.2, 0.25) is 0 Å². The van der Waals surface area contributed by atoms with Crippen LogP contribution >= 0.6 is 0 Å². The summed E-state index contributed by atoms with van der Waals surface area (Å²) >= 11 is 0. The molecule has 0 aliphatic carbocycles. The summed E-state index contributed by atoms with van der Waals surface area (Å²) in [5, 5.41) is 0. The van der Waals surface area contributed by atoms with Crippen LogP contribution < -0.4 is 10.9 Å². The molecule has 0 N–H and O–H groups in total. The van der Waals surface area contributed by atoms with Crippen LogP contribution in [0.25, 0.3) is 0 Å². The van der Waals surface area contributed by atoms with Gasteiger partial charge in [-0.3, -0.25) is 0 Å². The van der Waals surface area contributed by atoms with E-state index in [-0.39, 0.29) is 5.41 Å². The Morgan fingerprint density at radius 3 is 1.33 bits per heavy atom. The molecule has 0 unspecified atom stereocenters. The highest BCUT2D eigenvalue weighted by Crippen LogP contribution is 2.22. The van der Waals surface area contributed by atoms with Gasteiger partial charge < -0.3 is 0 Å². The van der Waals surface area contributed by atoms with Gasteiger partial charge in [0.15, 0.2) is 0 Å². The second kappa shape index (κ2) is 3.73. The van der Waals surface area contributed by atoms with Gasteiger partial charge in [-0.2, -0.15) is 0 Å². The van der Waals surface area contributed by atoms with Gasteiger partial charge >= 0.3 is 0 Å². The van der Waals surface area contributed by atoms with Crippen molar-refractivity contribution in [1.29, 1.82) is 0 Å². The van der Waals surface area contributed by atoms with E-state index in [2.05, 4.69) is 41.5 Å². The average Bonchev–Trinajstić information content (AvgIpc) is 2.09. The molecular formula is C13H18B2. The molecule has 0 spiro atoms. The van der Waals surface area contributed by atoms with Crippen molar-refractivity contribution in [3.8, 4) is 0 Å². The molecule has 0 amide bonds. The summed E-state index contributed by atoms with van der Waals surface area (Å²) in [4.78, 5) is 0. The van der Waals surface area contributed by atoms with Crippen LogP contribution in [0.3, 0.4) is 0 Å². The largest absolute Gasteiger partial charge is 0.114 e. The molecule has 15 heavy (non-hydrogen) atoms. The number of hydrogen-bond donors (Lipinski definition) is 0. The van der Waals surface area contributed by atoms with Crippen LogP contribution in [-0.2, 0) is 5.41 Å². The van der Waals surface area contributed by atoms with Crippen LogP contribution in [0.4, 0.5) is 0 Å². The normalized spacial score (nSPS) is 11.9. The predicted octanol–water partition coefficient (Wildman–Crippen LogP) is 1.50. The summed E-state index contributed by atoms with van der Waals surface area (Å²) in [6.07, 6.45) is 0. The smallest absolute Gasteiger partial charge is 0.0904 e. The van der Waals surface area contributed by atoms with E-state index in [0.29, 0.717) is 0 Å². The third kappa shape index (κ3) is 2.00. The van der Waals surface area contributed by atoms with Crippen molar-refractivity contribution in [2.24, 2.45) is 0 Å². The van der Waals surface area contributed by atoms with Gasteiger partial charge in [-0.1, -0.05) is 48.4 Å². The number of rotatable bonds is 0. The summed E-state index contributed by atoms with van der Waals surface area (Å²) in [5.41, 5.74) is 6.31. The van der Waals surface area contributed by atoms with Gasteiger partial charge in [0.25, 0.3) is 0 Å². The predicted molar refractivity (Wildman–Crippen MR) is 70.1 cm³/mol. The Kier molecular flexibility index (Phi) is 3.09. The average molecular weight is 196 g/mol. The first-order valence-electron chi connectivity index (χ1n) is 5.33. The summed E-state index contributed by atoms with van der Waals surface area (Å²) < 4.78 is 0. The highest BCUT2D eigenvalue weighted by molar-refractivity contribution is 6.41. The highest BCUT2D eigenvalue weighted by Gasteiger charge is 2.21. The van der Waals surface area contributed by atoms with Crippen molar-refractivity contribution in [3.05, 3.63) is 22.3 Å². The van der Waals surface area contributed by atoms with Crippen molar-refractivity contribution >= 4 is 26.6 Å². The van der Waals surface area contributed by atoms with Gasteiger partial charge in [-0.25, -0.2) is 0 Å². The van der Waals surface area contributed by atoms with Gasteiger partial charge in [0, 0.05) is 0 Å². The third-order valence-electron chi connectivity index (χ3n) is 3.22. The van der Waals surface area contributed by atoms with Crippen LogP contribution in [-0.4, -0.2) is 15.7 Å². The van der Waals surface area contributed by atoms with Crippen LogP contribution in [0, 0.1) is 20.8 Å². The maximum atomic E-state index is 6.16. The SMILES string of the molecule is [B]c1c(C)c(C)c(C)c([B])c1C(C)(C)C. The molecule has 1 rings (SSSR count). The van der Waals surface area contributed by atoms with E-state index in [1.165, 1.54) is 5.56 Å². The standard InChI is InChI=1S/C13H18B2/c1-7-8(2)11(14)10(13(4,5)6)12(15)9(7)3/h1-6H3. The molecule has 4 radical (unpaired) electrons. The minimum atomic E-state index is -0.00259. The fourth-order valence-corrected chi connectivity index (χ4v) is 2.01. The Balaban J connectivity index is 3.68. The van der Waals surface area contributed by atoms with E-state index in [4.69, 9.17) is 15.7 Å². The molecule has 0 aromatic heterocycles. The Morgan fingerprint density at radius 2 is 1.07 bits per heavy atom. The molecular weight excluding hydrogens is 178 g/mol. The molecule has 0 atom stereocenters. The van der Waals surface area contributed by atoms with E-state index >= 15 is 0 Å². The van der Waals surface area contributed by atoms with E-state index in [0.717, 1.165) is 27.6 Å². The van der Waals surface area contributed by atoms with Crippen molar-refractivity contribution < 1.29 is 0 Å². The molecule has 76 valence electrons. The summed E-state index contributed by atoms with van der Waals surface area (Å²) in [6.45, 7) is 12.6. The molecule has 0 saturated heterocycles. The zero-order valence-corrected chi connectivity index (χ0v) is 10.7. The maximum absolute atomic E-state index is 6.16.